The third kappa shape index (κ3) is 10.2. The third-order valence-electron chi connectivity index (χ3n) is 3.35. The number of nitrogens with one attached hydrogen (secondary N) is 4. The number of rotatable bonds is 11. The maximum atomic E-state index is 12.4. The van der Waals surface area contributed by atoms with Crippen LogP contribution in [0.2, 0.25) is 0 Å². The Kier molecular flexibility index (Phi) is 10.2. The number of carbonyl (C=O) groups excluding carboxylic acids is 2. The molecule has 0 aliphatic heterocycles. The zero-order chi connectivity index (χ0) is 19.6. The van der Waals surface area contributed by atoms with Crippen LogP contribution in [0.15, 0.2) is 0 Å². The summed E-state index contributed by atoms with van der Waals surface area (Å²) in [5.74, 6) is -2.32. The van der Waals surface area contributed by atoms with E-state index in [0.29, 0.717) is 13.0 Å². The molecule has 0 aromatic heterocycles. The molecule has 0 spiro atoms. The van der Waals surface area contributed by atoms with Gasteiger partial charge >= 0.3 is 5.97 Å². The van der Waals surface area contributed by atoms with Gasteiger partial charge in [0.2, 0.25) is 11.8 Å². The monoisotopic (exact) mass is 358 g/mol. The second-order valence-electron chi connectivity index (χ2n) is 6.36. The number of aliphatic carboxylic acids is 1. The van der Waals surface area contributed by atoms with E-state index in [-0.39, 0.29) is 24.7 Å². The first-order valence-electron chi connectivity index (χ1n) is 8.21. The quantitative estimate of drug-likeness (QED) is 0.136. The van der Waals surface area contributed by atoms with Crippen molar-refractivity contribution >= 4 is 23.7 Å². The van der Waals surface area contributed by atoms with Gasteiger partial charge in [-0.05, 0) is 32.1 Å². The molecule has 0 aromatic carbocycles. The molecule has 10 heteroatoms. The largest absolute Gasteiger partial charge is 0.480 e. The molecule has 144 valence electrons. The predicted molar refractivity (Wildman–Crippen MR) is 93.8 cm³/mol. The lowest BCUT2D eigenvalue weighted by molar-refractivity contribution is -0.142. The van der Waals surface area contributed by atoms with Crippen molar-refractivity contribution in [3.05, 3.63) is 0 Å². The summed E-state index contributed by atoms with van der Waals surface area (Å²) in [6, 6.07) is -2.74. The van der Waals surface area contributed by atoms with Crippen molar-refractivity contribution < 1.29 is 19.5 Å². The van der Waals surface area contributed by atoms with Gasteiger partial charge in [0.05, 0.1) is 6.04 Å². The SMILES string of the molecule is CC(C)C[C@H](NC(=O)[C@@H](CCCNC(=N)N)NC(=O)[C@@H](C)N)C(=O)O. The summed E-state index contributed by atoms with van der Waals surface area (Å²) in [6.45, 7) is 5.54. The Morgan fingerprint density at radius 1 is 1.08 bits per heavy atom. The van der Waals surface area contributed by atoms with Gasteiger partial charge in [-0.1, -0.05) is 13.8 Å². The van der Waals surface area contributed by atoms with Gasteiger partial charge in [-0.2, -0.15) is 0 Å². The fourth-order valence-electron chi connectivity index (χ4n) is 2.07. The molecule has 0 heterocycles. The highest BCUT2D eigenvalue weighted by Gasteiger charge is 2.27. The van der Waals surface area contributed by atoms with E-state index in [1.807, 2.05) is 13.8 Å². The normalized spacial score (nSPS) is 14.3. The number of carboxylic acid groups (broad SMARTS) is 1. The molecule has 3 atom stereocenters. The Hall–Kier alpha value is -2.36. The van der Waals surface area contributed by atoms with Gasteiger partial charge < -0.3 is 32.5 Å². The van der Waals surface area contributed by atoms with Gasteiger partial charge in [-0.3, -0.25) is 15.0 Å². The molecule has 0 aliphatic carbocycles. The second kappa shape index (κ2) is 11.2. The van der Waals surface area contributed by atoms with Crippen molar-refractivity contribution in [1.29, 1.82) is 5.41 Å². The fraction of sp³-hybridized carbons (Fsp3) is 0.733. The van der Waals surface area contributed by atoms with Crippen LogP contribution in [-0.2, 0) is 14.4 Å². The summed E-state index contributed by atoms with van der Waals surface area (Å²) >= 11 is 0. The van der Waals surface area contributed by atoms with Gasteiger partial charge in [0.25, 0.3) is 0 Å². The molecular formula is C15H30N6O4. The van der Waals surface area contributed by atoms with Crippen LogP contribution >= 0.6 is 0 Å². The zero-order valence-corrected chi connectivity index (χ0v) is 15.0. The Morgan fingerprint density at radius 2 is 1.64 bits per heavy atom. The number of carbonyl (C=O) groups is 3. The zero-order valence-electron chi connectivity index (χ0n) is 15.0. The van der Waals surface area contributed by atoms with Crippen molar-refractivity contribution in [2.75, 3.05) is 6.54 Å². The Balaban J connectivity index is 4.89. The molecule has 0 bridgehead atoms. The van der Waals surface area contributed by atoms with Gasteiger partial charge in [-0.25, -0.2) is 4.79 Å². The van der Waals surface area contributed by atoms with E-state index >= 15 is 0 Å². The number of nitrogens with two attached hydrogens (primary N) is 2. The maximum Gasteiger partial charge on any atom is 0.326 e. The second-order valence-corrected chi connectivity index (χ2v) is 6.36. The van der Waals surface area contributed by atoms with Crippen LogP contribution in [0.4, 0.5) is 0 Å². The number of hydrogen-bond donors (Lipinski definition) is 7. The standard InChI is InChI=1S/C15H30N6O4/c1-8(2)7-11(14(24)25)21-13(23)10(20-12(22)9(3)16)5-4-6-19-15(17)18/h8-11H,4-7,16H2,1-3H3,(H,20,22)(H,21,23)(H,24,25)(H4,17,18,19)/t9-,10-,11+/m1/s1. The van der Waals surface area contributed by atoms with Gasteiger partial charge in [0.15, 0.2) is 5.96 Å². The fourth-order valence-corrected chi connectivity index (χ4v) is 2.07. The van der Waals surface area contributed by atoms with Crippen LogP contribution in [0.1, 0.15) is 40.0 Å². The first kappa shape index (κ1) is 22.6. The first-order chi connectivity index (χ1) is 11.5. The molecule has 0 saturated carbocycles. The average Bonchev–Trinajstić information content (AvgIpc) is 2.48. The molecule has 0 fully saturated rings. The minimum Gasteiger partial charge on any atom is -0.480 e. The van der Waals surface area contributed by atoms with E-state index in [9.17, 15) is 19.5 Å². The third-order valence-corrected chi connectivity index (χ3v) is 3.35. The molecule has 0 radical (unpaired) electrons. The molecule has 0 saturated heterocycles. The van der Waals surface area contributed by atoms with Crippen LogP contribution in [0.5, 0.6) is 0 Å². The predicted octanol–water partition coefficient (Wildman–Crippen LogP) is -1.30. The van der Waals surface area contributed by atoms with E-state index in [0.717, 1.165) is 0 Å². The lowest BCUT2D eigenvalue weighted by atomic mass is 10.0. The van der Waals surface area contributed by atoms with E-state index in [1.54, 1.807) is 0 Å². The van der Waals surface area contributed by atoms with E-state index in [2.05, 4.69) is 16.0 Å². The average molecular weight is 358 g/mol. The highest BCUT2D eigenvalue weighted by molar-refractivity contribution is 5.91. The molecular weight excluding hydrogens is 328 g/mol. The Labute approximate surface area is 147 Å². The van der Waals surface area contributed by atoms with Gasteiger partial charge in [0, 0.05) is 6.54 Å². The van der Waals surface area contributed by atoms with Crippen LogP contribution in [-0.4, -0.2) is 53.5 Å². The molecule has 0 aliphatic rings. The molecule has 10 nitrogen and oxygen atoms in total. The first-order valence-corrected chi connectivity index (χ1v) is 8.21. The minimum absolute atomic E-state index is 0.0817. The summed E-state index contributed by atoms with van der Waals surface area (Å²) in [5, 5.41) is 23.9. The van der Waals surface area contributed by atoms with Gasteiger partial charge in [-0.15, -0.1) is 0 Å². The van der Waals surface area contributed by atoms with Crippen molar-refractivity contribution in [2.24, 2.45) is 17.4 Å². The van der Waals surface area contributed by atoms with Crippen molar-refractivity contribution in [3.63, 3.8) is 0 Å². The lowest BCUT2D eigenvalue weighted by Crippen LogP contribution is -2.54. The maximum absolute atomic E-state index is 12.4. The molecule has 0 rings (SSSR count). The van der Waals surface area contributed by atoms with E-state index < -0.39 is 35.9 Å². The minimum atomic E-state index is -1.13. The lowest BCUT2D eigenvalue weighted by Gasteiger charge is -2.23. The molecule has 2 amide bonds. The van der Waals surface area contributed by atoms with Crippen LogP contribution in [0, 0.1) is 11.3 Å². The summed E-state index contributed by atoms with van der Waals surface area (Å²) in [4.78, 5) is 35.5. The van der Waals surface area contributed by atoms with Crippen LogP contribution in [0.25, 0.3) is 0 Å². The van der Waals surface area contributed by atoms with E-state index in [4.69, 9.17) is 16.9 Å². The Morgan fingerprint density at radius 3 is 2.08 bits per heavy atom. The summed E-state index contributed by atoms with van der Waals surface area (Å²) in [6.07, 6.45) is 0.971. The number of hydrogen-bond acceptors (Lipinski definition) is 5. The number of carboxylic acids is 1. The van der Waals surface area contributed by atoms with Crippen molar-refractivity contribution in [1.82, 2.24) is 16.0 Å². The number of guanidine groups is 1. The summed E-state index contributed by atoms with van der Waals surface area (Å²) in [5.41, 5.74) is 10.7. The van der Waals surface area contributed by atoms with Crippen molar-refractivity contribution in [3.8, 4) is 0 Å². The van der Waals surface area contributed by atoms with Gasteiger partial charge in [0.1, 0.15) is 12.1 Å². The highest BCUT2D eigenvalue weighted by atomic mass is 16.4. The summed E-state index contributed by atoms with van der Waals surface area (Å²) < 4.78 is 0. The topological polar surface area (TPSA) is 183 Å². The number of amides is 2. The van der Waals surface area contributed by atoms with Crippen molar-refractivity contribution in [2.45, 2.75) is 58.2 Å². The summed E-state index contributed by atoms with van der Waals surface area (Å²) in [7, 11) is 0. The smallest absolute Gasteiger partial charge is 0.326 e. The van der Waals surface area contributed by atoms with Crippen LogP contribution in [0.3, 0.4) is 0 Å². The molecule has 0 unspecified atom stereocenters. The molecule has 0 aromatic rings. The molecule has 9 N–H and O–H groups in total. The Bertz CT molecular complexity index is 481. The molecule has 25 heavy (non-hydrogen) atoms. The highest BCUT2D eigenvalue weighted by Crippen LogP contribution is 2.06. The van der Waals surface area contributed by atoms with Crippen LogP contribution < -0.4 is 27.4 Å². The van der Waals surface area contributed by atoms with E-state index in [1.165, 1.54) is 6.92 Å².